The summed E-state index contributed by atoms with van der Waals surface area (Å²) in [5, 5.41) is 0. The van der Waals surface area contributed by atoms with Crippen LogP contribution in [-0.2, 0) is 9.53 Å². The summed E-state index contributed by atoms with van der Waals surface area (Å²) in [4.78, 5) is 13.7. The molecule has 4 heteroatoms. The van der Waals surface area contributed by atoms with Crippen LogP contribution in [-0.4, -0.2) is 43.5 Å². The fraction of sp³-hybridized carbons (Fsp3) is 0.900. The normalized spacial score (nSPS) is 28.6. The number of likely N-dealkylation sites (tertiary alicyclic amines) is 1. The number of Topliss-reactive ketones (excluding diaryl/α,β-unsaturated/α-hetero) is 1. The maximum atomic E-state index is 11.4. The second-order valence-corrected chi connectivity index (χ2v) is 3.77. The Kier molecular flexibility index (Phi) is 6.33. The first-order valence-electron chi connectivity index (χ1n) is 4.92. The first kappa shape index (κ1) is 13.9. The summed E-state index contributed by atoms with van der Waals surface area (Å²) in [5.74, 6) is 0.590. The molecule has 84 valence electrons. The molecule has 1 heterocycles. The van der Waals surface area contributed by atoms with Crippen LogP contribution in [0, 0.1) is 5.92 Å². The van der Waals surface area contributed by atoms with Gasteiger partial charge in [0.2, 0.25) is 0 Å². The number of hydrogen-bond donors (Lipinski definition) is 0. The zero-order valence-corrected chi connectivity index (χ0v) is 9.97. The fourth-order valence-corrected chi connectivity index (χ4v) is 1.79. The van der Waals surface area contributed by atoms with Crippen LogP contribution < -0.4 is 0 Å². The van der Waals surface area contributed by atoms with Crippen molar-refractivity contribution in [2.45, 2.75) is 26.3 Å². The molecular formula is C10H20ClNO2. The van der Waals surface area contributed by atoms with Gasteiger partial charge in [0.25, 0.3) is 0 Å². The van der Waals surface area contributed by atoms with E-state index in [4.69, 9.17) is 4.74 Å². The maximum Gasteiger partial charge on any atom is 0.138 e. The Morgan fingerprint density at radius 2 is 2.14 bits per heavy atom. The number of ketones is 1. The largest absolute Gasteiger partial charge is 0.383 e. The first-order chi connectivity index (χ1) is 6.16. The van der Waals surface area contributed by atoms with Crippen molar-refractivity contribution in [2.75, 3.05) is 26.8 Å². The minimum Gasteiger partial charge on any atom is -0.383 e. The number of ether oxygens (including phenoxy) is 1. The number of nitrogens with zero attached hydrogens (tertiary/aromatic N) is 1. The Balaban J connectivity index is 0.00000169. The van der Waals surface area contributed by atoms with Crippen LogP contribution in [0.3, 0.4) is 0 Å². The molecule has 0 amide bonds. The van der Waals surface area contributed by atoms with Crippen molar-refractivity contribution < 1.29 is 9.53 Å². The SMILES string of the molecule is COCCN1CCC(=O)C(C)C1C.Cl. The van der Waals surface area contributed by atoms with Gasteiger partial charge in [0.15, 0.2) is 0 Å². The van der Waals surface area contributed by atoms with Gasteiger partial charge in [0.05, 0.1) is 6.61 Å². The van der Waals surface area contributed by atoms with E-state index in [9.17, 15) is 4.79 Å². The Labute approximate surface area is 92.2 Å². The minimum atomic E-state index is 0. The predicted octanol–water partition coefficient (Wildman–Crippen LogP) is 1.35. The van der Waals surface area contributed by atoms with Crippen molar-refractivity contribution in [3.05, 3.63) is 0 Å². The average molecular weight is 222 g/mol. The van der Waals surface area contributed by atoms with E-state index in [0.29, 0.717) is 18.2 Å². The second-order valence-electron chi connectivity index (χ2n) is 3.77. The molecule has 1 aliphatic rings. The van der Waals surface area contributed by atoms with Gasteiger partial charge in [-0.25, -0.2) is 0 Å². The van der Waals surface area contributed by atoms with Crippen LogP contribution in [0.5, 0.6) is 0 Å². The quantitative estimate of drug-likeness (QED) is 0.721. The van der Waals surface area contributed by atoms with E-state index in [2.05, 4.69) is 11.8 Å². The molecule has 3 nitrogen and oxygen atoms in total. The van der Waals surface area contributed by atoms with Gasteiger partial charge in [-0.3, -0.25) is 9.69 Å². The molecule has 2 atom stereocenters. The molecule has 0 aromatic rings. The third-order valence-electron chi connectivity index (χ3n) is 3.04. The lowest BCUT2D eigenvalue weighted by Crippen LogP contribution is -2.47. The highest BCUT2D eigenvalue weighted by molar-refractivity contribution is 5.85. The van der Waals surface area contributed by atoms with Gasteiger partial charge < -0.3 is 4.74 Å². The predicted molar refractivity (Wildman–Crippen MR) is 58.9 cm³/mol. The maximum absolute atomic E-state index is 11.4. The zero-order valence-electron chi connectivity index (χ0n) is 9.16. The summed E-state index contributed by atoms with van der Waals surface area (Å²) in [6.07, 6.45) is 0.704. The highest BCUT2D eigenvalue weighted by atomic mass is 35.5. The fourth-order valence-electron chi connectivity index (χ4n) is 1.79. The van der Waals surface area contributed by atoms with Gasteiger partial charge in [-0.2, -0.15) is 0 Å². The van der Waals surface area contributed by atoms with Gasteiger partial charge >= 0.3 is 0 Å². The third kappa shape index (κ3) is 3.23. The number of carbonyl (C=O) groups is 1. The van der Waals surface area contributed by atoms with Crippen molar-refractivity contribution in [3.8, 4) is 0 Å². The van der Waals surface area contributed by atoms with E-state index in [0.717, 1.165) is 19.7 Å². The standard InChI is InChI=1S/C10H19NO2.ClH/c1-8-9(2)11(6-7-13-3)5-4-10(8)12;/h8-9H,4-7H2,1-3H3;1H. The van der Waals surface area contributed by atoms with Crippen LogP contribution in [0.1, 0.15) is 20.3 Å². The molecule has 1 rings (SSSR count). The van der Waals surface area contributed by atoms with E-state index in [1.54, 1.807) is 7.11 Å². The molecular weight excluding hydrogens is 202 g/mol. The Bertz CT molecular complexity index is 187. The number of rotatable bonds is 3. The van der Waals surface area contributed by atoms with Gasteiger partial charge in [0.1, 0.15) is 5.78 Å². The summed E-state index contributed by atoms with van der Waals surface area (Å²) < 4.78 is 5.03. The van der Waals surface area contributed by atoms with Crippen LogP contribution in [0.4, 0.5) is 0 Å². The zero-order chi connectivity index (χ0) is 9.84. The Morgan fingerprint density at radius 3 is 2.71 bits per heavy atom. The van der Waals surface area contributed by atoms with Crippen molar-refractivity contribution in [3.63, 3.8) is 0 Å². The molecule has 0 spiro atoms. The van der Waals surface area contributed by atoms with E-state index in [-0.39, 0.29) is 18.3 Å². The van der Waals surface area contributed by atoms with Crippen molar-refractivity contribution in [1.29, 1.82) is 0 Å². The van der Waals surface area contributed by atoms with Gasteiger partial charge in [-0.05, 0) is 6.92 Å². The van der Waals surface area contributed by atoms with Gasteiger partial charge in [0, 0.05) is 38.6 Å². The van der Waals surface area contributed by atoms with Crippen LogP contribution in [0.2, 0.25) is 0 Å². The van der Waals surface area contributed by atoms with Crippen LogP contribution >= 0.6 is 12.4 Å². The monoisotopic (exact) mass is 221 g/mol. The van der Waals surface area contributed by atoms with Gasteiger partial charge in [-0.1, -0.05) is 6.92 Å². The average Bonchev–Trinajstić information content (AvgIpc) is 2.13. The molecule has 1 aliphatic heterocycles. The number of piperidine rings is 1. The minimum absolute atomic E-state index is 0. The Morgan fingerprint density at radius 1 is 1.50 bits per heavy atom. The third-order valence-corrected chi connectivity index (χ3v) is 3.04. The molecule has 0 N–H and O–H groups in total. The topological polar surface area (TPSA) is 29.5 Å². The second kappa shape index (κ2) is 6.38. The van der Waals surface area contributed by atoms with E-state index < -0.39 is 0 Å². The summed E-state index contributed by atoms with van der Waals surface area (Å²) in [6.45, 7) is 6.73. The van der Waals surface area contributed by atoms with E-state index in [1.807, 2.05) is 6.92 Å². The van der Waals surface area contributed by atoms with E-state index >= 15 is 0 Å². The van der Waals surface area contributed by atoms with Crippen LogP contribution in [0.15, 0.2) is 0 Å². The first-order valence-corrected chi connectivity index (χ1v) is 4.92. The summed E-state index contributed by atoms with van der Waals surface area (Å²) >= 11 is 0. The lowest BCUT2D eigenvalue weighted by molar-refractivity contribution is -0.128. The summed E-state index contributed by atoms with van der Waals surface area (Å²) in [6, 6.07) is 0.372. The molecule has 0 saturated carbocycles. The molecule has 1 saturated heterocycles. The van der Waals surface area contributed by atoms with Crippen molar-refractivity contribution >= 4 is 18.2 Å². The molecule has 0 aromatic heterocycles. The lowest BCUT2D eigenvalue weighted by Gasteiger charge is -2.36. The van der Waals surface area contributed by atoms with E-state index in [1.165, 1.54) is 0 Å². The molecule has 14 heavy (non-hydrogen) atoms. The molecule has 0 aromatic carbocycles. The Hall–Kier alpha value is -0.120. The van der Waals surface area contributed by atoms with Crippen molar-refractivity contribution in [2.24, 2.45) is 5.92 Å². The molecule has 0 bridgehead atoms. The molecule has 0 radical (unpaired) electrons. The number of methoxy groups -OCH3 is 1. The lowest BCUT2D eigenvalue weighted by atomic mass is 9.91. The van der Waals surface area contributed by atoms with Crippen molar-refractivity contribution in [1.82, 2.24) is 4.90 Å². The number of carbonyl (C=O) groups excluding carboxylic acids is 1. The molecule has 1 fully saturated rings. The summed E-state index contributed by atoms with van der Waals surface area (Å²) in [7, 11) is 1.71. The number of halogens is 1. The summed E-state index contributed by atoms with van der Waals surface area (Å²) in [5.41, 5.74) is 0. The molecule has 2 unspecified atom stereocenters. The van der Waals surface area contributed by atoms with Gasteiger partial charge in [-0.15, -0.1) is 12.4 Å². The smallest absolute Gasteiger partial charge is 0.138 e. The van der Waals surface area contributed by atoms with Crippen LogP contribution in [0.25, 0.3) is 0 Å². The molecule has 0 aliphatic carbocycles. The number of hydrogen-bond acceptors (Lipinski definition) is 3. The highest BCUT2D eigenvalue weighted by Gasteiger charge is 2.29. The highest BCUT2D eigenvalue weighted by Crippen LogP contribution is 2.19.